The fourth-order valence-corrected chi connectivity index (χ4v) is 5.11. The van der Waals surface area contributed by atoms with Gasteiger partial charge in [-0.1, -0.05) is 29.8 Å². The number of benzene rings is 2. The van der Waals surface area contributed by atoms with Crippen molar-refractivity contribution >= 4 is 59.8 Å². The van der Waals surface area contributed by atoms with E-state index in [0.29, 0.717) is 10.4 Å². The maximum absolute atomic E-state index is 13.4. The quantitative estimate of drug-likeness (QED) is 0.354. The first kappa shape index (κ1) is 16.9. The average molecular weight is 396 g/mol. The van der Waals surface area contributed by atoms with Crippen molar-refractivity contribution in [3.8, 4) is 0 Å². The van der Waals surface area contributed by atoms with Crippen molar-refractivity contribution in [1.29, 1.82) is 0 Å². The van der Waals surface area contributed by atoms with Gasteiger partial charge in [0.05, 0.1) is 15.6 Å². The highest BCUT2D eigenvalue weighted by molar-refractivity contribution is 7.25. The van der Waals surface area contributed by atoms with Crippen molar-refractivity contribution in [3.05, 3.63) is 57.7 Å². The smallest absolute Gasteiger partial charge is 0.196 e. The van der Waals surface area contributed by atoms with Gasteiger partial charge in [-0.2, -0.15) is 0 Å². The summed E-state index contributed by atoms with van der Waals surface area (Å²) in [4.78, 5) is 23.0. The van der Waals surface area contributed by atoms with Crippen molar-refractivity contribution in [2.75, 3.05) is 38.1 Å². The van der Waals surface area contributed by atoms with E-state index < -0.39 is 0 Å². The minimum Gasteiger partial charge on any atom is -0.353 e. The van der Waals surface area contributed by atoms with E-state index in [2.05, 4.69) is 16.8 Å². The summed E-state index contributed by atoms with van der Waals surface area (Å²) >= 11 is 7.80. The van der Waals surface area contributed by atoms with Crippen LogP contribution < -0.4 is 10.3 Å². The molecule has 4 nitrogen and oxygen atoms in total. The second-order valence-corrected chi connectivity index (χ2v) is 8.51. The number of rotatable bonds is 1. The molecule has 5 rings (SSSR count). The fourth-order valence-electron chi connectivity index (χ4n) is 3.75. The van der Waals surface area contributed by atoms with E-state index in [-0.39, 0.29) is 5.43 Å². The Kier molecular flexibility index (Phi) is 4.04. The molecule has 2 aromatic carbocycles. The molecular weight excluding hydrogens is 378 g/mol. The molecular formula is C21H18ClN3OS. The number of hydrogen-bond acceptors (Lipinski definition) is 5. The molecule has 0 amide bonds. The van der Waals surface area contributed by atoms with E-state index in [1.807, 2.05) is 36.4 Å². The summed E-state index contributed by atoms with van der Waals surface area (Å²) in [5.74, 6) is 0.927. The van der Waals surface area contributed by atoms with Gasteiger partial charge in [-0.05, 0) is 31.3 Å². The molecule has 4 aromatic rings. The Balaban J connectivity index is 1.90. The van der Waals surface area contributed by atoms with Gasteiger partial charge in [0.1, 0.15) is 5.82 Å². The van der Waals surface area contributed by atoms with Gasteiger partial charge in [0.2, 0.25) is 0 Å². The molecule has 0 bridgehead atoms. The number of anilines is 1. The van der Waals surface area contributed by atoms with Crippen LogP contribution in [0.4, 0.5) is 5.82 Å². The van der Waals surface area contributed by atoms with Crippen LogP contribution in [-0.2, 0) is 0 Å². The second kappa shape index (κ2) is 6.44. The number of hydrogen-bond donors (Lipinski definition) is 0. The Hall–Kier alpha value is -2.21. The zero-order chi connectivity index (χ0) is 18.5. The van der Waals surface area contributed by atoms with E-state index in [4.69, 9.17) is 16.6 Å². The van der Waals surface area contributed by atoms with Crippen LogP contribution in [0.15, 0.2) is 47.3 Å². The third-order valence-electron chi connectivity index (χ3n) is 5.26. The lowest BCUT2D eigenvalue weighted by Gasteiger charge is -2.33. The number of fused-ring (bicyclic) bond motifs is 4. The summed E-state index contributed by atoms with van der Waals surface area (Å²) in [6.07, 6.45) is 0. The first-order valence-electron chi connectivity index (χ1n) is 9.00. The molecule has 0 aliphatic carbocycles. The average Bonchev–Trinajstić information content (AvgIpc) is 2.68. The van der Waals surface area contributed by atoms with Crippen LogP contribution in [0.3, 0.4) is 0 Å². The number of pyridine rings is 1. The van der Waals surface area contributed by atoms with Crippen LogP contribution >= 0.6 is 22.9 Å². The Morgan fingerprint density at radius 1 is 1.04 bits per heavy atom. The minimum atomic E-state index is 0.0372. The molecule has 0 N–H and O–H groups in total. The molecule has 2 aromatic heterocycles. The number of piperazine rings is 1. The molecule has 0 saturated carbocycles. The van der Waals surface area contributed by atoms with Crippen molar-refractivity contribution < 1.29 is 0 Å². The Morgan fingerprint density at radius 3 is 2.63 bits per heavy atom. The zero-order valence-corrected chi connectivity index (χ0v) is 16.5. The predicted molar refractivity (Wildman–Crippen MR) is 116 cm³/mol. The van der Waals surface area contributed by atoms with Gasteiger partial charge in [0.15, 0.2) is 5.43 Å². The molecule has 0 spiro atoms. The normalized spacial score (nSPS) is 15.9. The number of likely N-dealkylation sites (N-methyl/N-ethyl adjacent to an activating group) is 1. The lowest BCUT2D eigenvalue weighted by Crippen LogP contribution is -2.44. The van der Waals surface area contributed by atoms with Gasteiger partial charge in [-0.3, -0.25) is 4.79 Å². The lowest BCUT2D eigenvalue weighted by molar-refractivity contribution is 0.312. The number of nitrogens with zero attached hydrogens (tertiary/aromatic N) is 3. The van der Waals surface area contributed by atoms with Gasteiger partial charge in [0.25, 0.3) is 0 Å². The van der Waals surface area contributed by atoms with Crippen LogP contribution in [0, 0.1) is 0 Å². The molecule has 27 heavy (non-hydrogen) atoms. The summed E-state index contributed by atoms with van der Waals surface area (Å²) < 4.78 is 1.92. The van der Waals surface area contributed by atoms with Crippen LogP contribution in [0.1, 0.15) is 0 Å². The van der Waals surface area contributed by atoms with E-state index in [9.17, 15) is 4.79 Å². The highest BCUT2D eigenvalue weighted by Crippen LogP contribution is 2.36. The molecule has 1 aliphatic heterocycles. The molecule has 3 heterocycles. The number of aromatic nitrogens is 1. The predicted octanol–water partition coefficient (Wildman–Crippen LogP) is 4.37. The molecule has 1 fully saturated rings. The van der Waals surface area contributed by atoms with Crippen LogP contribution in [0.25, 0.3) is 31.1 Å². The third-order valence-corrected chi connectivity index (χ3v) is 6.66. The Labute approximate surface area is 165 Å². The summed E-state index contributed by atoms with van der Waals surface area (Å²) in [6.45, 7) is 3.81. The maximum Gasteiger partial charge on any atom is 0.196 e. The summed E-state index contributed by atoms with van der Waals surface area (Å²) in [7, 11) is 2.14. The first-order chi connectivity index (χ1) is 13.1. The Bertz CT molecular complexity index is 1250. The van der Waals surface area contributed by atoms with Gasteiger partial charge in [0, 0.05) is 46.7 Å². The largest absolute Gasteiger partial charge is 0.353 e. The van der Waals surface area contributed by atoms with Crippen molar-refractivity contribution in [3.63, 3.8) is 0 Å². The SMILES string of the molecule is CN1CCN(c2nc3ccccc3c3c(=O)c4cc(Cl)ccc4sc23)CC1. The first-order valence-corrected chi connectivity index (χ1v) is 10.2. The molecule has 0 radical (unpaired) electrons. The van der Waals surface area contributed by atoms with Crippen molar-refractivity contribution in [2.24, 2.45) is 0 Å². The van der Waals surface area contributed by atoms with Crippen molar-refractivity contribution in [2.45, 2.75) is 0 Å². The maximum atomic E-state index is 13.4. The van der Waals surface area contributed by atoms with Gasteiger partial charge < -0.3 is 9.80 Å². The number of para-hydroxylation sites is 1. The molecule has 0 atom stereocenters. The van der Waals surface area contributed by atoms with Crippen molar-refractivity contribution in [1.82, 2.24) is 9.88 Å². The molecule has 0 unspecified atom stereocenters. The van der Waals surface area contributed by atoms with Gasteiger partial charge >= 0.3 is 0 Å². The molecule has 6 heteroatoms. The third kappa shape index (κ3) is 2.78. The van der Waals surface area contributed by atoms with E-state index >= 15 is 0 Å². The highest BCUT2D eigenvalue weighted by Gasteiger charge is 2.21. The summed E-state index contributed by atoms with van der Waals surface area (Å²) in [6, 6.07) is 13.5. The fraction of sp³-hybridized carbons (Fsp3) is 0.238. The Morgan fingerprint density at radius 2 is 1.81 bits per heavy atom. The molecule has 1 saturated heterocycles. The second-order valence-electron chi connectivity index (χ2n) is 7.02. The van der Waals surface area contributed by atoms with Crippen LogP contribution in [0.2, 0.25) is 5.02 Å². The molecule has 136 valence electrons. The van der Waals surface area contributed by atoms with Gasteiger partial charge in [-0.15, -0.1) is 11.3 Å². The minimum absolute atomic E-state index is 0.0372. The number of halogens is 1. The molecule has 1 aliphatic rings. The van der Waals surface area contributed by atoms with Gasteiger partial charge in [-0.25, -0.2) is 4.98 Å². The van der Waals surface area contributed by atoms with E-state index in [0.717, 1.165) is 57.7 Å². The monoisotopic (exact) mass is 395 g/mol. The highest BCUT2D eigenvalue weighted by atomic mass is 35.5. The summed E-state index contributed by atoms with van der Waals surface area (Å²) in [5, 5.41) is 2.94. The topological polar surface area (TPSA) is 36.4 Å². The summed E-state index contributed by atoms with van der Waals surface area (Å²) in [5.41, 5.74) is 0.903. The van der Waals surface area contributed by atoms with Crippen LogP contribution in [-0.4, -0.2) is 43.1 Å². The van der Waals surface area contributed by atoms with E-state index in [1.54, 1.807) is 17.4 Å². The zero-order valence-electron chi connectivity index (χ0n) is 14.9. The van der Waals surface area contributed by atoms with Crippen LogP contribution in [0.5, 0.6) is 0 Å². The lowest BCUT2D eigenvalue weighted by atomic mass is 10.1. The standard InChI is InChI=1S/C21H18ClN3OS/c1-24-8-10-25(11-9-24)21-20-18(14-4-2-3-5-16(14)23-21)19(26)15-12-13(22)6-7-17(15)27-20/h2-7,12H,8-11H2,1H3. The van der Waals surface area contributed by atoms with E-state index in [1.165, 1.54) is 0 Å².